The maximum absolute atomic E-state index is 11.7. The van der Waals surface area contributed by atoms with Crippen LogP contribution in [0.3, 0.4) is 0 Å². The Morgan fingerprint density at radius 1 is 1.40 bits per heavy atom. The molecule has 0 spiro atoms. The highest BCUT2D eigenvalue weighted by Gasteiger charge is 2.12. The SMILES string of the molecule is COCCNCC(=O)NC(C)c1cc(Cl)ccc1Cl.Cl. The first-order chi connectivity index (χ1) is 9.04. The second-order valence-electron chi connectivity index (χ2n) is 4.12. The van der Waals surface area contributed by atoms with Crippen LogP contribution in [0.1, 0.15) is 18.5 Å². The lowest BCUT2D eigenvalue weighted by Gasteiger charge is -2.16. The van der Waals surface area contributed by atoms with Crippen LogP contribution in [-0.4, -0.2) is 32.7 Å². The molecular formula is C13H19Cl3N2O2. The fourth-order valence-corrected chi connectivity index (χ4v) is 2.05. The van der Waals surface area contributed by atoms with Gasteiger partial charge in [0.1, 0.15) is 0 Å². The molecule has 0 saturated heterocycles. The molecule has 0 aliphatic carbocycles. The Kier molecular flexibility index (Phi) is 9.98. The van der Waals surface area contributed by atoms with E-state index in [1.54, 1.807) is 25.3 Å². The zero-order valence-corrected chi connectivity index (χ0v) is 13.7. The van der Waals surface area contributed by atoms with Crippen LogP contribution in [0.15, 0.2) is 18.2 Å². The van der Waals surface area contributed by atoms with Gasteiger partial charge in [0.05, 0.1) is 19.2 Å². The first-order valence-electron chi connectivity index (χ1n) is 5.98. The van der Waals surface area contributed by atoms with E-state index in [4.69, 9.17) is 27.9 Å². The highest BCUT2D eigenvalue weighted by molar-refractivity contribution is 6.33. The van der Waals surface area contributed by atoms with Gasteiger partial charge in [-0.2, -0.15) is 0 Å². The van der Waals surface area contributed by atoms with Crippen molar-refractivity contribution >= 4 is 41.5 Å². The summed E-state index contributed by atoms with van der Waals surface area (Å²) in [6.45, 7) is 3.32. The smallest absolute Gasteiger partial charge is 0.234 e. The average molecular weight is 342 g/mol. The van der Waals surface area contributed by atoms with Crippen molar-refractivity contribution < 1.29 is 9.53 Å². The molecule has 1 rings (SSSR count). The summed E-state index contributed by atoms with van der Waals surface area (Å²) >= 11 is 12.0. The number of carbonyl (C=O) groups is 1. The molecule has 0 aliphatic rings. The number of halogens is 3. The number of hydrogen-bond donors (Lipinski definition) is 2. The van der Waals surface area contributed by atoms with E-state index in [9.17, 15) is 4.79 Å². The highest BCUT2D eigenvalue weighted by atomic mass is 35.5. The van der Waals surface area contributed by atoms with E-state index < -0.39 is 0 Å². The fraction of sp³-hybridized carbons (Fsp3) is 0.462. The van der Waals surface area contributed by atoms with E-state index in [-0.39, 0.29) is 30.9 Å². The van der Waals surface area contributed by atoms with Crippen molar-refractivity contribution in [2.75, 3.05) is 26.8 Å². The molecule has 0 heterocycles. The molecule has 1 amide bonds. The molecule has 0 aromatic heterocycles. The minimum atomic E-state index is -0.192. The molecule has 1 aromatic carbocycles. The van der Waals surface area contributed by atoms with Crippen LogP contribution < -0.4 is 10.6 Å². The number of amides is 1. The van der Waals surface area contributed by atoms with Gasteiger partial charge in [0.25, 0.3) is 0 Å². The summed E-state index contributed by atoms with van der Waals surface area (Å²) in [4.78, 5) is 11.7. The molecule has 0 fully saturated rings. The number of nitrogens with one attached hydrogen (secondary N) is 2. The Morgan fingerprint density at radius 3 is 2.75 bits per heavy atom. The van der Waals surface area contributed by atoms with Gasteiger partial charge in [0.15, 0.2) is 0 Å². The van der Waals surface area contributed by atoms with E-state index in [1.165, 1.54) is 0 Å². The van der Waals surface area contributed by atoms with Gasteiger partial charge >= 0.3 is 0 Å². The number of rotatable bonds is 7. The number of benzene rings is 1. The van der Waals surface area contributed by atoms with Gasteiger partial charge < -0.3 is 15.4 Å². The highest BCUT2D eigenvalue weighted by Crippen LogP contribution is 2.25. The predicted molar refractivity (Wildman–Crippen MR) is 85.0 cm³/mol. The lowest BCUT2D eigenvalue weighted by molar-refractivity contribution is -0.120. The third-order valence-electron chi connectivity index (χ3n) is 2.57. The van der Waals surface area contributed by atoms with Crippen LogP contribution in [-0.2, 0) is 9.53 Å². The van der Waals surface area contributed by atoms with Crippen molar-refractivity contribution in [3.63, 3.8) is 0 Å². The molecule has 4 nitrogen and oxygen atoms in total. The van der Waals surface area contributed by atoms with Gasteiger partial charge in [-0.3, -0.25) is 4.79 Å². The van der Waals surface area contributed by atoms with E-state index >= 15 is 0 Å². The maximum Gasteiger partial charge on any atom is 0.234 e. The van der Waals surface area contributed by atoms with Gasteiger partial charge in [-0.1, -0.05) is 23.2 Å². The van der Waals surface area contributed by atoms with E-state index in [1.807, 2.05) is 6.92 Å². The molecule has 0 aliphatic heterocycles. The van der Waals surface area contributed by atoms with Crippen molar-refractivity contribution in [2.45, 2.75) is 13.0 Å². The van der Waals surface area contributed by atoms with Crippen LogP contribution in [0.4, 0.5) is 0 Å². The molecule has 114 valence electrons. The lowest BCUT2D eigenvalue weighted by atomic mass is 10.1. The zero-order valence-electron chi connectivity index (χ0n) is 11.4. The number of ether oxygens (including phenoxy) is 1. The molecule has 0 saturated carbocycles. The van der Waals surface area contributed by atoms with Crippen LogP contribution in [0.25, 0.3) is 0 Å². The zero-order chi connectivity index (χ0) is 14.3. The van der Waals surface area contributed by atoms with Crippen molar-refractivity contribution in [3.8, 4) is 0 Å². The summed E-state index contributed by atoms with van der Waals surface area (Å²) in [5.41, 5.74) is 0.805. The molecule has 0 radical (unpaired) electrons. The van der Waals surface area contributed by atoms with Gasteiger partial charge in [-0.15, -0.1) is 12.4 Å². The van der Waals surface area contributed by atoms with Gasteiger partial charge in [-0.05, 0) is 30.7 Å². The second-order valence-corrected chi connectivity index (χ2v) is 4.97. The number of hydrogen-bond acceptors (Lipinski definition) is 3. The Bertz CT molecular complexity index is 430. The van der Waals surface area contributed by atoms with Crippen LogP contribution in [0.5, 0.6) is 0 Å². The first-order valence-corrected chi connectivity index (χ1v) is 6.74. The number of methoxy groups -OCH3 is 1. The third kappa shape index (κ3) is 6.77. The predicted octanol–water partition coefficient (Wildman–Crippen LogP) is 2.83. The Hall–Kier alpha value is -0.520. The molecule has 0 bridgehead atoms. The molecule has 1 aromatic rings. The van der Waals surface area contributed by atoms with Crippen molar-refractivity contribution in [2.24, 2.45) is 0 Å². The molecule has 2 N–H and O–H groups in total. The van der Waals surface area contributed by atoms with Crippen LogP contribution in [0, 0.1) is 0 Å². The molecule has 20 heavy (non-hydrogen) atoms. The van der Waals surface area contributed by atoms with Gasteiger partial charge in [0.2, 0.25) is 5.91 Å². The monoisotopic (exact) mass is 340 g/mol. The average Bonchev–Trinajstić information content (AvgIpc) is 2.37. The van der Waals surface area contributed by atoms with Gasteiger partial charge in [0, 0.05) is 23.7 Å². The summed E-state index contributed by atoms with van der Waals surface area (Å²) < 4.78 is 4.88. The summed E-state index contributed by atoms with van der Waals surface area (Å²) in [6.07, 6.45) is 0. The topological polar surface area (TPSA) is 50.4 Å². The molecular weight excluding hydrogens is 323 g/mol. The van der Waals surface area contributed by atoms with Gasteiger partial charge in [-0.25, -0.2) is 0 Å². The Balaban J connectivity index is 0.00000361. The summed E-state index contributed by atoms with van der Waals surface area (Å²) in [6, 6.07) is 5.00. The minimum absolute atomic E-state index is 0. The quantitative estimate of drug-likeness (QED) is 0.750. The summed E-state index contributed by atoms with van der Waals surface area (Å²) in [7, 11) is 1.62. The lowest BCUT2D eigenvalue weighted by Crippen LogP contribution is -2.36. The van der Waals surface area contributed by atoms with Crippen LogP contribution in [0.2, 0.25) is 10.0 Å². The first kappa shape index (κ1) is 19.5. The maximum atomic E-state index is 11.7. The normalized spacial score (nSPS) is 11.6. The minimum Gasteiger partial charge on any atom is -0.383 e. The van der Waals surface area contributed by atoms with Crippen molar-refractivity contribution in [3.05, 3.63) is 33.8 Å². The van der Waals surface area contributed by atoms with Crippen molar-refractivity contribution in [1.29, 1.82) is 0 Å². The largest absolute Gasteiger partial charge is 0.383 e. The second kappa shape index (κ2) is 10.2. The molecule has 1 unspecified atom stereocenters. The van der Waals surface area contributed by atoms with E-state index in [0.29, 0.717) is 23.2 Å². The number of carbonyl (C=O) groups excluding carboxylic acids is 1. The third-order valence-corrected chi connectivity index (χ3v) is 3.15. The van der Waals surface area contributed by atoms with E-state index in [2.05, 4.69) is 10.6 Å². The summed E-state index contributed by atoms with van der Waals surface area (Å²) in [5.74, 6) is -0.0976. The Labute approximate surface area is 135 Å². The molecule has 7 heteroatoms. The fourth-order valence-electron chi connectivity index (χ4n) is 1.59. The van der Waals surface area contributed by atoms with Crippen molar-refractivity contribution in [1.82, 2.24) is 10.6 Å². The standard InChI is InChI=1S/C13H18Cl2N2O2.ClH/c1-9(11-7-10(14)3-4-12(11)15)17-13(18)8-16-5-6-19-2;/h3-4,7,9,16H,5-6,8H2,1-2H3,(H,17,18);1H. The molecule has 1 atom stereocenters. The van der Waals surface area contributed by atoms with E-state index in [0.717, 1.165) is 5.56 Å². The Morgan fingerprint density at radius 2 is 2.10 bits per heavy atom. The van der Waals surface area contributed by atoms with Crippen LogP contribution >= 0.6 is 35.6 Å². The summed E-state index contributed by atoms with van der Waals surface area (Å²) in [5, 5.41) is 7.01.